The van der Waals surface area contributed by atoms with Gasteiger partial charge < -0.3 is 10.1 Å². The summed E-state index contributed by atoms with van der Waals surface area (Å²) in [7, 11) is -3.71. The Hall–Kier alpha value is -3.32. The van der Waals surface area contributed by atoms with Crippen LogP contribution in [0.5, 0.6) is 5.75 Å². The second-order valence-corrected chi connectivity index (χ2v) is 8.70. The third-order valence-electron chi connectivity index (χ3n) is 4.46. The van der Waals surface area contributed by atoms with Gasteiger partial charge in [-0.3, -0.25) is 9.52 Å². The number of nitrogens with one attached hydrogen (secondary N) is 2. The number of para-hydroxylation sites is 1. The van der Waals surface area contributed by atoms with Crippen molar-refractivity contribution >= 4 is 27.3 Å². The van der Waals surface area contributed by atoms with E-state index in [1.54, 1.807) is 49.4 Å². The minimum atomic E-state index is -3.71. The first-order valence-corrected chi connectivity index (χ1v) is 11.0. The van der Waals surface area contributed by atoms with Crippen molar-refractivity contribution in [3.8, 4) is 5.75 Å². The van der Waals surface area contributed by atoms with Gasteiger partial charge >= 0.3 is 0 Å². The number of benzene rings is 3. The van der Waals surface area contributed by atoms with Crippen LogP contribution in [0.4, 0.5) is 11.4 Å². The summed E-state index contributed by atoms with van der Waals surface area (Å²) in [5, 5.41) is 2.74. The Bertz CT molecular complexity index is 1130. The molecule has 0 fully saturated rings. The summed E-state index contributed by atoms with van der Waals surface area (Å²) >= 11 is 0. The zero-order valence-corrected chi connectivity index (χ0v) is 17.9. The molecule has 0 aliphatic heterocycles. The lowest BCUT2D eigenvalue weighted by molar-refractivity contribution is -0.122. The van der Waals surface area contributed by atoms with Crippen LogP contribution in [0.1, 0.15) is 18.1 Å². The lowest BCUT2D eigenvalue weighted by Crippen LogP contribution is -2.30. The topological polar surface area (TPSA) is 84.5 Å². The van der Waals surface area contributed by atoms with Gasteiger partial charge in [-0.15, -0.1) is 0 Å². The zero-order chi connectivity index (χ0) is 21.7. The molecule has 0 aliphatic carbocycles. The molecule has 156 valence electrons. The fraction of sp³-hybridized carbons (Fsp3) is 0.174. The average Bonchev–Trinajstić information content (AvgIpc) is 2.71. The fourth-order valence-electron chi connectivity index (χ4n) is 2.86. The van der Waals surface area contributed by atoms with E-state index in [1.807, 2.05) is 32.0 Å². The maximum absolute atomic E-state index is 12.5. The SMILES string of the molecule is Cc1ccc(O[C@@H](C)C(=O)Nc2ccc(S(=O)(=O)Nc3ccccc3)cc2)c(C)c1. The highest BCUT2D eigenvalue weighted by atomic mass is 32.2. The van der Waals surface area contributed by atoms with Crippen molar-refractivity contribution in [3.63, 3.8) is 0 Å². The van der Waals surface area contributed by atoms with E-state index in [4.69, 9.17) is 4.74 Å². The molecule has 0 radical (unpaired) electrons. The summed E-state index contributed by atoms with van der Waals surface area (Å²) in [5.74, 6) is 0.324. The van der Waals surface area contributed by atoms with E-state index >= 15 is 0 Å². The van der Waals surface area contributed by atoms with Gasteiger partial charge in [-0.1, -0.05) is 35.9 Å². The number of carbonyl (C=O) groups excluding carboxylic acids is 1. The number of hydrogen-bond donors (Lipinski definition) is 2. The minimum absolute atomic E-state index is 0.101. The lowest BCUT2D eigenvalue weighted by Gasteiger charge is -2.17. The smallest absolute Gasteiger partial charge is 0.265 e. The molecule has 0 unspecified atom stereocenters. The van der Waals surface area contributed by atoms with Crippen molar-refractivity contribution in [1.82, 2.24) is 0 Å². The first-order chi connectivity index (χ1) is 14.2. The third-order valence-corrected chi connectivity index (χ3v) is 5.86. The molecule has 0 saturated carbocycles. The Morgan fingerprint density at radius 1 is 0.900 bits per heavy atom. The molecule has 0 spiro atoms. The molecule has 2 N–H and O–H groups in total. The Morgan fingerprint density at radius 2 is 1.57 bits per heavy atom. The van der Waals surface area contributed by atoms with Gasteiger partial charge in [0.1, 0.15) is 5.75 Å². The largest absolute Gasteiger partial charge is 0.481 e. The van der Waals surface area contributed by atoms with Crippen LogP contribution in [0, 0.1) is 13.8 Å². The van der Waals surface area contributed by atoms with E-state index in [9.17, 15) is 13.2 Å². The van der Waals surface area contributed by atoms with Gasteiger partial charge in [0.05, 0.1) is 4.90 Å². The van der Waals surface area contributed by atoms with E-state index in [0.29, 0.717) is 17.1 Å². The Labute approximate surface area is 177 Å². The quantitative estimate of drug-likeness (QED) is 0.584. The number of anilines is 2. The summed E-state index contributed by atoms with van der Waals surface area (Å²) in [6.07, 6.45) is -0.713. The number of aryl methyl sites for hydroxylation is 2. The van der Waals surface area contributed by atoms with Gasteiger partial charge in [0.15, 0.2) is 6.10 Å². The molecule has 7 heteroatoms. The van der Waals surface area contributed by atoms with Crippen LogP contribution < -0.4 is 14.8 Å². The molecule has 1 atom stereocenters. The highest BCUT2D eigenvalue weighted by molar-refractivity contribution is 7.92. The van der Waals surface area contributed by atoms with Crippen molar-refractivity contribution in [1.29, 1.82) is 0 Å². The molecule has 0 bridgehead atoms. The van der Waals surface area contributed by atoms with Crippen molar-refractivity contribution in [2.24, 2.45) is 0 Å². The van der Waals surface area contributed by atoms with Crippen LogP contribution in [0.15, 0.2) is 77.7 Å². The Balaban J connectivity index is 1.64. The van der Waals surface area contributed by atoms with E-state index in [0.717, 1.165) is 11.1 Å². The molecule has 0 aromatic heterocycles. The summed E-state index contributed by atoms with van der Waals surface area (Å²) in [4.78, 5) is 12.6. The predicted octanol–water partition coefficient (Wildman–Crippen LogP) is 4.51. The van der Waals surface area contributed by atoms with Crippen molar-refractivity contribution in [2.45, 2.75) is 31.8 Å². The number of rotatable bonds is 7. The number of hydrogen-bond acceptors (Lipinski definition) is 4. The normalized spacial score (nSPS) is 12.1. The minimum Gasteiger partial charge on any atom is -0.481 e. The molecular weight excluding hydrogens is 400 g/mol. The summed E-state index contributed by atoms with van der Waals surface area (Å²) in [6.45, 7) is 5.58. The first kappa shape index (κ1) is 21.4. The second kappa shape index (κ2) is 9.00. The average molecular weight is 425 g/mol. The monoisotopic (exact) mass is 424 g/mol. The zero-order valence-electron chi connectivity index (χ0n) is 17.0. The molecule has 0 aliphatic rings. The molecule has 0 saturated heterocycles. The lowest BCUT2D eigenvalue weighted by atomic mass is 10.1. The molecule has 6 nitrogen and oxygen atoms in total. The van der Waals surface area contributed by atoms with Crippen LogP contribution in [0.2, 0.25) is 0 Å². The van der Waals surface area contributed by atoms with Crippen LogP contribution in [-0.4, -0.2) is 20.4 Å². The van der Waals surface area contributed by atoms with Crippen molar-refractivity contribution in [2.75, 3.05) is 10.0 Å². The first-order valence-electron chi connectivity index (χ1n) is 9.47. The molecule has 3 rings (SSSR count). The summed E-state index contributed by atoms with van der Waals surface area (Å²) < 4.78 is 33.2. The molecule has 0 heterocycles. The maximum Gasteiger partial charge on any atom is 0.265 e. The summed E-state index contributed by atoms with van der Waals surface area (Å²) in [5.41, 5.74) is 3.03. The predicted molar refractivity (Wildman–Crippen MR) is 118 cm³/mol. The van der Waals surface area contributed by atoms with E-state index < -0.39 is 16.1 Å². The van der Waals surface area contributed by atoms with E-state index in [-0.39, 0.29) is 10.8 Å². The molecular formula is C23H24N2O4S. The Kier molecular flexibility index (Phi) is 6.42. The molecule has 30 heavy (non-hydrogen) atoms. The second-order valence-electron chi connectivity index (χ2n) is 7.01. The number of carbonyl (C=O) groups is 1. The van der Waals surface area contributed by atoms with Crippen LogP contribution in [-0.2, 0) is 14.8 Å². The standard InChI is InChI=1S/C23H24N2O4S/c1-16-9-14-22(17(2)15-16)29-18(3)23(26)24-19-10-12-21(13-11-19)30(27,28)25-20-7-5-4-6-8-20/h4-15,18,25H,1-3H3,(H,24,26)/t18-/m0/s1. The summed E-state index contributed by atoms with van der Waals surface area (Å²) in [6, 6.07) is 20.4. The number of ether oxygens (including phenoxy) is 1. The van der Waals surface area contributed by atoms with Gasteiger partial charge in [0, 0.05) is 11.4 Å². The number of sulfonamides is 1. The van der Waals surface area contributed by atoms with E-state index in [2.05, 4.69) is 10.0 Å². The van der Waals surface area contributed by atoms with Crippen LogP contribution in [0.25, 0.3) is 0 Å². The molecule has 3 aromatic rings. The Morgan fingerprint density at radius 3 is 2.20 bits per heavy atom. The maximum atomic E-state index is 12.5. The highest BCUT2D eigenvalue weighted by Gasteiger charge is 2.17. The fourth-order valence-corrected chi connectivity index (χ4v) is 3.92. The van der Waals surface area contributed by atoms with Gasteiger partial charge in [0.25, 0.3) is 15.9 Å². The van der Waals surface area contributed by atoms with E-state index in [1.165, 1.54) is 12.1 Å². The number of amides is 1. The van der Waals surface area contributed by atoms with Gasteiger partial charge in [-0.05, 0) is 68.8 Å². The van der Waals surface area contributed by atoms with Crippen molar-refractivity contribution < 1.29 is 17.9 Å². The van der Waals surface area contributed by atoms with Gasteiger partial charge in [0.2, 0.25) is 0 Å². The molecule has 3 aromatic carbocycles. The van der Waals surface area contributed by atoms with Gasteiger partial charge in [-0.25, -0.2) is 8.42 Å². The van der Waals surface area contributed by atoms with Crippen LogP contribution in [0.3, 0.4) is 0 Å². The third kappa shape index (κ3) is 5.39. The highest BCUT2D eigenvalue weighted by Crippen LogP contribution is 2.21. The van der Waals surface area contributed by atoms with Crippen molar-refractivity contribution in [3.05, 3.63) is 83.9 Å². The van der Waals surface area contributed by atoms with Gasteiger partial charge in [-0.2, -0.15) is 0 Å². The molecule has 1 amide bonds. The van der Waals surface area contributed by atoms with Crippen LogP contribution >= 0.6 is 0 Å².